The Morgan fingerprint density at radius 2 is 2.03 bits per heavy atom. The van der Waals surface area contributed by atoms with Crippen molar-refractivity contribution in [3.8, 4) is 5.75 Å². The van der Waals surface area contributed by atoms with Crippen LogP contribution in [0.1, 0.15) is 49.0 Å². The highest BCUT2D eigenvalue weighted by molar-refractivity contribution is 6.05. The van der Waals surface area contributed by atoms with E-state index in [0.29, 0.717) is 29.9 Å². The Labute approximate surface area is 180 Å². The predicted octanol–water partition coefficient (Wildman–Crippen LogP) is 4.80. The number of hydrogen-bond acceptors (Lipinski definition) is 4. The van der Waals surface area contributed by atoms with Crippen LogP contribution >= 0.6 is 0 Å². The van der Waals surface area contributed by atoms with Crippen molar-refractivity contribution in [1.29, 1.82) is 5.41 Å². The summed E-state index contributed by atoms with van der Waals surface area (Å²) in [6.07, 6.45) is 9.42. The molecule has 1 atom stereocenters. The highest BCUT2D eigenvalue weighted by Gasteiger charge is 2.20. The van der Waals surface area contributed by atoms with Crippen LogP contribution in [0.25, 0.3) is 0 Å². The topological polar surface area (TPSA) is 70.2 Å². The van der Waals surface area contributed by atoms with Gasteiger partial charge in [0.1, 0.15) is 24.6 Å². The minimum atomic E-state index is -0.143. The van der Waals surface area contributed by atoms with E-state index in [4.69, 9.17) is 10.1 Å². The molecule has 5 nitrogen and oxygen atoms in total. The number of rotatable bonds is 12. The van der Waals surface area contributed by atoms with E-state index in [0.717, 1.165) is 24.0 Å². The van der Waals surface area contributed by atoms with Gasteiger partial charge in [-0.3, -0.25) is 4.79 Å². The normalized spacial score (nSPS) is 12.5. The third-order valence-corrected chi connectivity index (χ3v) is 5.02. The molecule has 0 spiro atoms. The fraction of sp³-hybridized carbons (Fsp3) is 0.360. The number of amides is 1. The molecule has 0 aliphatic carbocycles. The van der Waals surface area contributed by atoms with Crippen LogP contribution in [-0.2, 0) is 11.2 Å². The zero-order valence-electron chi connectivity index (χ0n) is 18.5. The predicted molar refractivity (Wildman–Crippen MR) is 123 cm³/mol. The van der Waals surface area contributed by atoms with Gasteiger partial charge in [0.05, 0.1) is 12.8 Å². The quantitative estimate of drug-likeness (QED) is 0.306. The lowest BCUT2D eigenvalue weighted by Gasteiger charge is -2.09. The van der Waals surface area contributed by atoms with Gasteiger partial charge >= 0.3 is 5.91 Å². The van der Waals surface area contributed by atoms with Crippen LogP contribution in [0.2, 0.25) is 0 Å². The fourth-order valence-corrected chi connectivity index (χ4v) is 2.87. The Balaban J connectivity index is 2.69. The van der Waals surface area contributed by atoms with Gasteiger partial charge in [-0.2, -0.15) is 4.58 Å². The van der Waals surface area contributed by atoms with Gasteiger partial charge < -0.3 is 10.1 Å². The molecule has 0 aliphatic rings. The van der Waals surface area contributed by atoms with Crippen molar-refractivity contribution >= 4 is 23.6 Å². The number of ether oxygens (including phenoxy) is 1. The largest absolute Gasteiger partial charge is 0.496 e. The third kappa shape index (κ3) is 7.39. The molecule has 1 rings (SSSR count). The molecule has 5 heteroatoms. The molecule has 0 saturated carbocycles. The smallest absolute Gasteiger partial charge is 0.422 e. The molecular formula is C25H33N2O3+. The van der Waals surface area contributed by atoms with Crippen LogP contribution in [-0.4, -0.2) is 42.3 Å². The number of carbonyl (C=O) groups is 2. The first-order chi connectivity index (χ1) is 14.2. The van der Waals surface area contributed by atoms with Gasteiger partial charge in [0.2, 0.25) is 0 Å². The van der Waals surface area contributed by atoms with Crippen molar-refractivity contribution < 1.29 is 18.9 Å². The summed E-state index contributed by atoms with van der Waals surface area (Å²) in [5.74, 6) is 0.367. The van der Waals surface area contributed by atoms with Crippen molar-refractivity contribution in [2.24, 2.45) is 5.92 Å². The number of hydrogen-bond donors (Lipinski definition) is 1. The summed E-state index contributed by atoms with van der Waals surface area (Å²) < 4.78 is 6.82. The molecule has 0 bridgehead atoms. The van der Waals surface area contributed by atoms with E-state index in [2.05, 4.69) is 13.2 Å². The Morgan fingerprint density at radius 3 is 2.63 bits per heavy atom. The van der Waals surface area contributed by atoms with Gasteiger partial charge in [0, 0.05) is 12.8 Å². The first-order valence-electron chi connectivity index (χ1n) is 10.1. The molecule has 1 N–H and O–H groups in total. The lowest BCUT2D eigenvalue weighted by Crippen LogP contribution is -2.17. The van der Waals surface area contributed by atoms with Crippen molar-refractivity contribution in [3.05, 3.63) is 66.3 Å². The molecule has 0 radical (unpaired) electrons. The van der Waals surface area contributed by atoms with E-state index in [9.17, 15) is 9.59 Å². The van der Waals surface area contributed by atoms with Crippen LogP contribution in [0.15, 0.2) is 55.2 Å². The molecule has 1 aromatic carbocycles. The number of nitrogens with one attached hydrogen (secondary N) is 1. The number of carbonyl (C=O) groups excluding carboxylic acids is 2. The highest BCUT2D eigenvalue weighted by Crippen LogP contribution is 2.21. The maximum atomic E-state index is 12.5. The van der Waals surface area contributed by atoms with Crippen LogP contribution in [0.4, 0.5) is 0 Å². The second-order valence-electron chi connectivity index (χ2n) is 7.23. The lowest BCUT2D eigenvalue weighted by molar-refractivity contribution is -0.389. The van der Waals surface area contributed by atoms with E-state index in [-0.39, 0.29) is 17.6 Å². The number of methoxy groups -OCH3 is 1. The third-order valence-electron chi connectivity index (χ3n) is 5.02. The standard InChI is InChI=1S/C25H33N2O3/c1-7-22(26)18(3)11-9-12-19(4)23(28)14-10-13-20-15-16-24(30-6)21(17-20)25(29)27(5)8-2/h7-8,10,14-17,19,26H,1,3,9,11-13H2,2,4-6H3/q+1. The molecule has 30 heavy (non-hydrogen) atoms. The Hall–Kier alpha value is -3.08. The summed E-state index contributed by atoms with van der Waals surface area (Å²) in [5.41, 5.74) is 2.53. The van der Waals surface area contributed by atoms with Crippen LogP contribution in [0, 0.1) is 11.3 Å². The van der Waals surface area contributed by atoms with E-state index in [1.165, 1.54) is 17.8 Å². The molecule has 0 aliphatic heterocycles. The van der Waals surface area contributed by atoms with Crippen molar-refractivity contribution in [2.75, 3.05) is 14.2 Å². The summed E-state index contributed by atoms with van der Waals surface area (Å²) in [6.45, 7) is 11.1. The zero-order valence-corrected chi connectivity index (χ0v) is 18.5. The fourth-order valence-electron chi connectivity index (χ4n) is 2.87. The van der Waals surface area contributed by atoms with Gasteiger partial charge in [-0.15, -0.1) is 0 Å². The average Bonchev–Trinajstić information content (AvgIpc) is 2.76. The Kier molecular flexibility index (Phi) is 10.4. The number of nitrogens with zero attached hydrogens (tertiary/aromatic N) is 1. The number of ketones is 1. The first kappa shape index (κ1) is 25.0. The van der Waals surface area contributed by atoms with Crippen molar-refractivity contribution in [3.63, 3.8) is 0 Å². The monoisotopic (exact) mass is 409 g/mol. The molecular weight excluding hydrogens is 376 g/mol. The molecule has 1 amide bonds. The number of benzene rings is 1. The molecule has 0 heterocycles. The van der Waals surface area contributed by atoms with Crippen LogP contribution < -0.4 is 4.74 Å². The van der Waals surface area contributed by atoms with Crippen molar-refractivity contribution in [2.45, 2.75) is 39.5 Å². The minimum absolute atomic E-state index is 0.0736. The van der Waals surface area contributed by atoms with Crippen LogP contribution in [0.3, 0.4) is 0 Å². The molecule has 160 valence electrons. The Morgan fingerprint density at radius 1 is 1.33 bits per heavy atom. The van der Waals surface area contributed by atoms with Gasteiger partial charge in [-0.25, -0.2) is 4.79 Å². The zero-order chi connectivity index (χ0) is 22.7. The van der Waals surface area contributed by atoms with E-state index in [1.807, 2.05) is 19.1 Å². The molecule has 0 saturated heterocycles. The lowest BCUT2D eigenvalue weighted by atomic mass is 9.96. The van der Waals surface area contributed by atoms with Gasteiger partial charge in [0.25, 0.3) is 0 Å². The first-order valence-corrected chi connectivity index (χ1v) is 10.1. The summed E-state index contributed by atoms with van der Waals surface area (Å²) in [5, 5.41) is 7.66. The number of allylic oxidation sites excluding steroid dienone is 4. The van der Waals surface area contributed by atoms with Crippen LogP contribution in [0.5, 0.6) is 5.75 Å². The average molecular weight is 410 g/mol. The maximum Gasteiger partial charge on any atom is 0.422 e. The molecule has 1 aromatic rings. The molecule has 1 unspecified atom stereocenters. The molecule has 0 fully saturated rings. The Bertz CT molecular complexity index is 878. The minimum Gasteiger partial charge on any atom is -0.496 e. The second-order valence-corrected chi connectivity index (χ2v) is 7.23. The van der Waals surface area contributed by atoms with E-state index < -0.39 is 0 Å². The molecule has 0 aromatic heterocycles. The van der Waals surface area contributed by atoms with Crippen molar-refractivity contribution in [1.82, 2.24) is 0 Å². The van der Waals surface area contributed by atoms with E-state index in [1.54, 1.807) is 38.4 Å². The van der Waals surface area contributed by atoms with Gasteiger partial charge in [-0.05, 0) is 61.1 Å². The van der Waals surface area contributed by atoms with E-state index >= 15 is 0 Å². The second kappa shape index (κ2) is 12.5. The summed E-state index contributed by atoms with van der Waals surface area (Å²) in [7, 11) is 3.24. The summed E-state index contributed by atoms with van der Waals surface area (Å²) >= 11 is 0. The summed E-state index contributed by atoms with van der Waals surface area (Å²) in [4.78, 5) is 24.9. The summed E-state index contributed by atoms with van der Waals surface area (Å²) in [6, 6.07) is 5.47. The van der Waals surface area contributed by atoms with Gasteiger partial charge in [-0.1, -0.05) is 32.2 Å². The maximum absolute atomic E-state index is 12.5. The highest BCUT2D eigenvalue weighted by atomic mass is 16.5. The SMILES string of the molecule is C=CC(=N)C(=C)CCCC(C)C(=O)C=CCc1ccc(OC)c(C(=O)[N+](C)=CC)c1. The van der Waals surface area contributed by atoms with Gasteiger partial charge in [0.15, 0.2) is 5.78 Å².